The van der Waals surface area contributed by atoms with Crippen LogP contribution in [0.15, 0.2) is 18.2 Å². The Hall–Kier alpha value is -1.84. The van der Waals surface area contributed by atoms with Crippen molar-refractivity contribution in [3.63, 3.8) is 0 Å². The molecule has 0 aliphatic carbocycles. The molecule has 1 aliphatic rings. The molecular formula is C13H12ClF3N2O4. The molecule has 1 aliphatic heterocycles. The van der Waals surface area contributed by atoms with Crippen LogP contribution >= 0.6 is 11.6 Å². The molecule has 3 amide bonds. The fourth-order valence-electron chi connectivity index (χ4n) is 1.81. The standard InChI is InChI=1S/C13H12ClF3N2O4/c14-9-2-1-7(5-8(9)13(15,16)17)18-12(21)19-11(20)10-6-22-3-4-23-10/h1-2,5,10H,3-4,6H2,(H2,18,19,20,21). The summed E-state index contributed by atoms with van der Waals surface area (Å²) < 4.78 is 48.3. The molecule has 1 unspecified atom stereocenters. The number of imide groups is 1. The zero-order valence-electron chi connectivity index (χ0n) is 11.6. The number of alkyl halides is 3. The fourth-order valence-corrected chi connectivity index (χ4v) is 2.04. The van der Waals surface area contributed by atoms with E-state index in [0.717, 1.165) is 6.07 Å². The molecule has 0 bridgehead atoms. The van der Waals surface area contributed by atoms with Gasteiger partial charge < -0.3 is 14.8 Å². The summed E-state index contributed by atoms with van der Waals surface area (Å²) in [6, 6.07) is 1.87. The number of amides is 3. The molecule has 1 saturated heterocycles. The van der Waals surface area contributed by atoms with Gasteiger partial charge in [-0.1, -0.05) is 11.6 Å². The van der Waals surface area contributed by atoms with Gasteiger partial charge in [0.1, 0.15) is 0 Å². The molecule has 6 nitrogen and oxygen atoms in total. The quantitative estimate of drug-likeness (QED) is 0.857. The highest BCUT2D eigenvalue weighted by atomic mass is 35.5. The molecule has 0 radical (unpaired) electrons. The van der Waals surface area contributed by atoms with Crippen LogP contribution in [-0.2, 0) is 20.4 Å². The van der Waals surface area contributed by atoms with E-state index in [1.807, 2.05) is 5.32 Å². The number of nitrogens with one attached hydrogen (secondary N) is 2. The van der Waals surface area contributed by atoms with Crippen molar-refractivity contribution in [3.8, 4) is 0 Å². The maximum absolute atomic E-state index is 12.7. The fraction of sp³-hybridized carbons (Fsp3) is 0.385. The molecule has 2 rings (SSSR count). The third-order valence-corrected chi connectivity index (χ3v) is 3.20. The maximum atomic E-state index is 12.7. The van der Waals surface area contributed by atoms with Gasteiger partial charge in [0.05, 0.1) is 30.4 Å². The number of anilines is 1. The van der Waals surface area contributed by atoms with Crippen molar-refractivity contribution in [2.45, 2.75) is 12.3 Å². The summed E-state index contributed by atoms with van der Waals surface area (Å²) in [6.07, 6.45) is -5.60. The Labute approximate surface area is 133 Å². The Morgan fingerprint density at radius 1 is 1.26 bits per heavy atom. The van der Waals surface area contributed by atoms with Crippen molar-refractivity contribution in [1.29, 1.82) is 0 Å². The third-order valence-electron chi connectivity index (χ3n) is 2.87. The van der Waals surface area contributed by atoms with Crippen molar-refractivity contribution in [2.24, 2.45) is 0 Å². The van der Waals surface area contributed by atoms with Crippen LogP contribution in [0, 0.1) is 0 Å². The van der Waals surface area contributed by atoms with E-state index >= 15 is 0 Å². The second-order valence-electron chi connectivity index (χ2n) is 4.57. The molecule has 1 fully saturated rings. The van der Waals surface area contributed by atoms with Crippen LogP contribution in [0.5, 0.6) is 0 Å². The van der Waals surface area contributed by atoms with Gasteiger partial charge in [0.2, 0.25) is 0 Å². The minimum Gasteiger partial charge on any atom is -0.376 e. The maximum Gasteiger partial charge on any atom is 0.417 e. The van der Waals surface area contributed by atoms with Gasteiger partial charge >= 0.3 is 12.2 Å². The number of urea groups is 1. The topological polar surface area (TPSA) is 76.7 Å². The van der Waals surface area contributed by atoms with E-state index in [0.29, 0.717) is 12.7 Å². The summed E-state index contributed by atoms with van der Waals surface area (Å²) in [4.78, 5) is 23.4. The second-order valence-corrected chi connectivity index (χ2v) is 4.98. The summed E-state index contributed by atoms with van der Waals surface area (Å²) in [6.45, 7) is 0.561. The van der Waals surface area contributed by atoms with Crippen molar-refractivity contribution < 1.29 is 32.2 Å². The van der Waals surface area contributed by atoms with E-state index in [-0.39, 0.29) is 18.9 Å². The number of hydrogen-bond donors (Lipinski definition) is 2. The van der Waals surface area contributed by atoms with Crippen LogP contribution in [0.2, 0.25) is 5.02 Å². The lowest BCUT2D eigenvalue weighted by atomic mass is 10.2. The SMILES string of the molecule is O=C(NC(=O)C1COCCO1)Nc1ccc(Cl)c(C(F)(F)F)c1. The highest BCUT2D eigenvalue weighted by Gasteiger charge is 2.33. The predicted molar refractivity (Wildman–Crippen MR) is 74.2 cm³/mol. The molecule has 2 N–H and O–H groups in total. The van der Waals surface area contributed by atoms with Crippen LogP contribution in [0.3, 0.4) is 0 Å². The zero-order valence-corrected chi connectivity index (χ0v) is 12.3. The average molecular weight is 353 g/mol. The first kappa shape index (κ1) is 17.5. The van der Waals surface area contributed by atoms with Gasteiger partial charge in [-0.25, -0.2) is 4.79 Å². The van der Waals surface area contributed by atoms with Crippen molar-refractivity contribution in [1.82, 2.24) is 5.32 Å². The van der Waals surface area contributed by atoms with Gasteiger partial charge in [-0.15, -0.1) is 0 Å². The summed E-state index contributed by atoms with van der Waals surface area (Å²) in [5.74, 6) is -0.743. The average Bonchev–Trinajstić information content (AvgIpc) is 2.49. The Bertz CT molecular complexity index is 603. The lowest BCUT2D eigenvalue weighted by molar-refractivity contribution is -0.146. The highest BCUT2D eigenvalue weighted by Crippen LogP contribution is 2.36. The van der Waals surface area contributed by atoms with E-state index in [2.05, 4.69) is 5.32 Å². The van der Waals surface area contributed by atoms with Gasteiger partial charge in [0.15, 0.2) is 6.10 Å². The Kier molecular flexibility index (Phi) is 5.45. The number of carbonyl (C=O) groups is 2. The number of hydrogen-bond acceptors (Lipinski definition) is 4. The predicted octanol–water partition coefficient (Wildman–Crippen LogP) is 2.42. The molecule has 1 atom stereocenters. The van der Waals surface area contributed by atoms with E-state index < -0.39 is 34.8 Å². The van der Waals surface area contributed by atoms with Crippen LogP contribution in [-0.4, -0.2) is 37.9 Å². The number of rotatable bonds is 2. The molecule has 126 valence electrons. The van der Waals surface area contributed by atoms with Crippen LogP contribution in [0.1, 0.15) is 5.56 Å². The van der Waals surface area contributed by atoms with Gasteiger partial charge in [-0.2, -0.15) is 13.2 Å². The molecule has 0 spiro atoms. The smallest absolute Gasteiger partial charge is 0.376 e. The van der Waals surface area contributed by atoms with Crippen molar-refractivity contribution >= 4 is 29.2 Å². The number of halogens is 4. The van der Waals surface area contributed by atoms with Crippen molar-refractivity contribution in [2.75, 3.05) is 25.1 Å². The van der Waals surface area contributed by atoms with E-state index in [9.17, 15) is 22.8 Å². The Morgan fingerprint density at radius 2 is 2.00 bits per heavy atom. The zero-order chi connectivity index (χ0) is 17.0. The first-order valence-electron chi connectivity index (χ1n) is 6.45. The first-order valence-corrected chi connectivity index (χ1v) is 6.83. The number of benzene rings is 1. The number of carbonyl (C=O) groups excluding carboxylic acids is 2. The van der Waals surface area contributed by atoms with E-state index in [4.69, 9.17) is 21.1 Å². The van der Waals surface area contributed by atoms with Crippen LogP contribution in [0.4, 0.5) is 23.7 Å². The molecule has 23 heavy (non-hydrogen) atoms. The molecule has 10 heteroatoms. The monoisotopic (exact) mass is 352 g/mol. The van der Waals surface area contributed by atoms with Gasteiger partial charge in [0.25, 0.3) is 5.91 Å². The normalized spacial score (nSPS) is 18.3. The van der Waals surface area contributed by atoms with E-state index in [1.165, 1.54) is 6.07 Å². The first-order chi connectivity index (χ1) is 10.8. The lowest BCUT2D eigenvalue weighted by Crippen LogP contribution is -2.46. The largest absolute Gasteiger partial charge is 0.417 e. The second kappa shape index (κ2) is 7.16. The van der Waals surface area contributed by atoms with Gasteiger partial charge in [-0.3, -0.25) is 10.1 Å². The minimum atomic E-state index is -4.66. The van der Waals surface area contributed by atoms with Gasteiger partial charge in [0, 0.05) is 5.69 Å². The summed E-state index contributed by atoms with van der Waals surface area (Å²) in [5.41, 5.74) is -1.25. The minimum absolute atomic E-state index is 0.00171. The third kappa shape index (κ3) is 4.81. The lowest BCUT2D eigenvalue weighted by Gasteiger charge is -2.21. The van der Waals surface area contributed by atoms with Crippen LogP contribution < -0.4 is 10.6 Å². The molecule has 1 heterocycles. The highest BCUT2D eigenvalue weighted by molar-refractivity contribution is 6.31. The molecule has 1 aromatic carbocycles. The Balaban J connectivity index is 1.98. The molecule has 0 aromatic heterocycles. The Morgan fingerprint density at radius 3 is 2.61 bits per heavy atom. The molecular weight excluding hydrogens is 341 g/mol. The van der Waals surface area contributed by atoms with Crippen molar-refractivity contribution in [3.05, 3.63) is 28.8 Å². The molecule has 0 saturated carbocycles. The number of ether oxygens (including phenoxy) is 2. The summed E-state index contributed by atoms with van der Waals surface area (Å²) in [5, 5.41) is 3.60. The van der Waals surface area contributed by atoms with Gasteiger partial charge in [-0.05, 0) is 18.2 Å². The summed E-state index contributed by atoms with van der Waals surface area (Å²) >= 11 is 5.47. The molecule has 1 aromatic rings. The summed E-state index contributed by atoms with van der Waals surface area (Å²) in [7, 11) is 0. The van der Waals surface area contributed by atoms with E-state index in [1.54, 1.807) is 0 Å². The van der Waals surface area contributed by atoms with Crippen LogP contribution in [0.25, 0.3) is 0 Å².